The van der Waals surface area contributed by atoms with Crippen molar-refractivity contribution in [3.8, 4) is 0 Å². The Balaban J connectivity index is 0.00000225. The first-order valence-electron chi connectivity index (χ1n) is 7.98. The van der Waals surface area contributed by atoms with Gasteiger partial charge in [-0.2, -0.15) is 8.42 Å². The van der Waals surface area contributed by atoms with Gasteiger partial charge in [0.25, 0.3) is 10.0 Å². The van der Waals surface area contributed by atoms with Crippen LogP contribution in [0.15, 0.2) is 33.6 Å². The minimum absolute atomic E-state index is 0. The second kappa shape index (κ2) is 7.31. The second-order valence-corrected chi connectivity index (χ2v) is 8.05. The zero-order valence-corrected chi connectivity index (χ0v) is 15.9. The van der Waals surface area contributed by atoms with E-state index in [0.717, 1.165) is 6.42 Å². The van der Waals surface area contributed by atoms with Crippen LogP contribution in [0, 0.1) is 5.92 Å². The predicted octanol–water partition coefficient (Wildman–Crippen LogP) is 0.685. The van der Waals surface area contributed by atoms with E-state index >= 15 is 0 Å². The third-order valence-corrected chi connectivity index (χ3v) is 5.99. The molecule has 2 aliphatic rings. The van der Waals surface area contributed by atoms with Crippen LogP contribution in [-0.4, -0.2) is 62.7 Å². The molecule has 0 radical (unpaired) electrons. The SMILES string of the molecule is CC1CC(CN)CN1C(=O)CN(C)C1=NS(=O)(=O)c2ccccc21.Cl. The molecular formula is C16H23ClN4O3S. The van der Waals surface area contributed by atoms with Crippen LogP contribution in [0.1, 0.15) is 18.9 Å². The molecular weight excluding hydrogens is 364 g/mol. The number of carbonyl (C=O) groups excluding carboxylic acids is 1. The largest absolute Gasteiger partial charge is 0.349 e. The Morgan fingerprint density at radius 2 is 2.08 bits per heavy atom. The van der Waals surface area contributed by atoms with Crippen LogP contribution in [0.25, 0.3) is 0 Å². The number of sulfonamides is 1. The first kappa shape index (κ1) is 19.7. The summed E-state index contributed by atoms with van der Waals surface area (Å²) in [6.45, 7) is 3.33. The molecule has 2 N–H and O–H groups in total. The average Bonchev–Trinajstić information content (AvgIpc) is 3.05. The maximum atomic E-state index is 12.6. The van der Waals surface area contributed by atoms with Crippen molar-refractivity contribution >= 4 is 34.2 Å². The number of likely N-dealkylation sites (tertiary alicyclic amines) is 1. The number of nitrogens with zero attached hydrogens (tertiary/aromatic N) is 3. The van der Waals surface area contributed by atoms with Gasteiger partial charge >= 0.3 is 0 Å². The molecule has 1 fully saturated rings. The Labute approximate surface area is 154 Å². The zero-order chi connectivity index (χ0) is 17.5. The molecule has 0 aromatic heterocycles. The van der Waals surface area contributed by atoms with Gasteiger partial charge in [-0.15, -0.1) is 16.8 Å². The van der Waals surface area contributed by atoms with Gasteiger partial charge < -0.3 is 15.5 Å². The molecule has 3 rings (SSSR count). The summed E-state index contributed by atoms with van der Waals surface area (Å²) in [4.78, 5) is 16.2. The maximum Gasteiger partial charge on any atom is 0.285 e. The topological polar surface area (TPSA) is 96.1 Å². The van der Waals surface area contributed by atoms with Crippen molar-refractivity contribution in [1.29, 1.82) is 0 Å². The summed E-state index contributed by atoms with van der Waals surface area (Å²) in [6.07, 6.45) is 0.907. The maximum absolute atomic E-state index is 12.6. The van der Waals surface area contributed by atoms with Gasteiger partial charge in [0.15, 0.2) is 5.84 Å². The van der Waals surface area contributed by atoms with Gasteiger partial charge in [-0.1, -0.05) is 12.1 Å². The molecule has 7 nitrogen and oxygen atoms in total. The van der Waals surface area contributed by atoms with E-state index < -0.39 is 10.0 Å². The summed E-state index contributed by atoms with van der Waals surface area (Å²) in [5.41, 5.74) is 6.25. The van der Waals surface area contributed by atoms with Crippen LogP contribution in [0.3, 0.4) is 0 Å². The highest BCUT2D eigenvalue weighted by Gasteiger charge is 2.34. The van der Waals surface area contributed by atoms with Crippen LogP contribution in [0.5, 0.6) is 0 Å². The number of likely N-dealkylation sites (N-methyl/N-ethyl adjacent to an activating group) is 1. The number of fused-ring (bicyclic) bond motifs is 1. The highest BCUT2D eigenvalue weighted by molar-refractivity contribution is 7.90. The summed E-state index contributed by atoms with van der Waals surface area (Å²) in [6, 6.07) is 6.83. The fourth-order valence-corrected chi connectivity index (χ4v) is 4.64. The van der Waals surface area contributed by atoms with Crippen LogP contribution < -0.4 is 5.73 Å². The fraction of sp³-hybridized carbons (Fsp3) is 0.500. The number of rotatable bonds is 3. The zero-order valence-electron chi connectivity index (χ0n) is 14.3. The summed E-state index contributed by atoms with van der Waals surface area (Å²) in [5, 5.41) is 0. The fourth-order valence-electron chi connectivity index (χ4n) is 3.39. The Morgan fingerprint density at radius 3 is 2.72 bits per heavy atom. The summed E-state index contributed by atoms with van der Waals surface area (Å²) < 4.78 is 28.1. The third-order valence-electron chi connectivity index (χ3n) is 4.66. The van der Waals surface area contributed by atoms with Gasteiger partial charge in [-0.3, -0.25) is 4.79 Å². The molecule has 138 valence electrons. The molecule has 0 bridgehead atoms. The summed E-state index contributed by atoms with van der Waals surface area (Å²) in [7, 11) is -1.98. The van der Waals surface area contributed by atoms with Crippen molar-refractivity contribution in [2.24, 2.45) is 16.0 Å². The Morgan fingerprint density at radius 1 is 1.40 bits per heavy atom. The van der Waals surface area contributed by atoms with Gasteiger partial charge in [0, 0.05) is 25.2 Å². The van der Waals surface area contributed by atoms with Crippen LogP contribution in [-0.2, 0) is 14.8 Å². The molecule has 2 aliphatic heterocycles. The van der Waals surface area contributed by atoms with E-state index in [0.29, 0.717) is 30.4 Å². The molecule has 2 heterocycles. The quantitative estimate of drug-likeness (QED) is 0.824. The number of amides is 1. The molecule has 1 amide bonds. The minimum Gasteiger partial charge on any atom is -0.349 e. The first-order chi connectivity index (χ1) is 11.3. The number of hydrogen-bond donors (Lipinski definition) is 1. The van der Waals surface area contributed by atoms with Crippen molar-refractivity contribution in [3.63, 3.8) is 0 Å². The van der Waals surface area contributed by atoms with Crippen LogP contribution >= 0.6 is 12.4 Å². The number of halogens is 1. The van der Waals surface area contributed by atoms with Crippen molar-refractivity contribution in [3.05, 3.63) is 29.8 Å². The lowest BCUT2D eigenvalue weighted by molar-refractivity contribution is -0.131. The van der Waals surface area contributed by atoms with Crippen molar-refractivity contribution in [1.82, 2.24) is 9.80 Å². The molecule has 1 aromatic rings. The normalized spacial score (nSPS) is 23.6. The van der Waals surface area contributed by atoms with E-state index in [1.54, 1.807) is 30.1 Å². The Hall–Kier alpha value is -1.64. The highest BCUT2D eigenvalue weighted by atomic mass is 35.5. The summed E-state index contributed by atoms with van der Waals surface area (Å²) >= 11 is 0. The van der Waals surface area contributed by atoms with E-state index in [2.05, 4.69) is 4.40 Å². The molecule has 2 unspecified atom stereocenters. The number of benzene rings is 1. The minimum atomic E-state index is -3.67. The van der Waals surface area contributed by atoms with E-state index in [1.807, 2.05) is 11.8 Å². The van der Waals surface area contributed by atoms with E-state index in [4.69, 9.17) is 5.73 Å². The molecule has 1 saturated heterocycles. The van der Waals surface area contributed by atoms with Crippen molar-refractivity contribution in [2.75, 3.05) is 26.7 Å². The third kappa shape index (κ3) is 3.65. The number of carbonyl (C=O) groups is 1. The summed E-state index contributed by atoms with van der Waals surface area (Å²) in [5.74, 6) is 0.616. The number of amidine groups is 1. The smallest absolute Gasteiger partial charge is 0.285 e. The van der Waals surface area contributed by atoms with Gasteiger partial charge in [0.05, 0.1) is 6.54 Å². The Bertz CT molecular complexity index is 796. The number of hydrogen-bond acceptors (Lipinski definition) is 5. The lowest BCUT2D eigenvalue weighted by Crippen LogP contribution is -2.42. The monoisotopic (exact) mass is 386 g/mol. The molecule has 9 heteroatoms. The molecule has 0 saturated carbocycles. The molecule has 25 heavy (non-hydrogen) atoms. The first-order valence-corrected chi connectivity index (χ1v) is 9.42. The van der Waals surface area contributed by atoms with Gasteiger partial charge in [-0.05, 0) is 37.9 Å². The van der Waals surface area contributed by atoms with E-state index in [-0.39, 0.29) is 35.8 Å². The molecule has 2 atom stereocenters. The number of nitrogens with two attached hydrogens (primary N) is 1. The lowest BCUT2D eigenvalue weighted by Gasteiger charge is -2.26. The highest BCUT2D eigenvalue weighted by Crippen LogP contribution is 2.27. The standard InChI is InChI=1S/C16H22N4O3S.ClH/c1-11-7-12(8-17)9-20(11)15(21)10-19(2)16-13-5-3-4-6-14(13)24(22,23)18-16;/h3-6,11-12H,7-10,17H2,1-2H3;1H. The Kier molecular flexibility index (Phi) is 5.75. The van der Waals surface area contributed by atoms with E-state index in [1.165, 1.54) is 6.07 Å². The molecule has 0 spiro atoms. The van der Waals surface area contributed by atoms with Gasteiger partial charge in [0.1, 0.15) is 4.90 Å². The van der Waals surface area contributed by atoms with Crippen molar-refractivity contribution in [2.45, 2.75) is 24.3 Å². The predicted molar refractivity (Wildman–Crippen MR) is 98.4 cm³/mol. The van der Waals surface area contributed by atoms with Crippen molar-refractivity contribution < 1.29 is 13.2 Å². The second-order valence-electron chi connectivity index (χ2n) is 6.47. The average molecular weight is 387 g/mol. The molecule has 0 aliphatic carbocycles. The van der Waals surface area contributed by atoms with Crippen LogP contribution in [0.2, 0.25) is 0 Å². The van der Waals surface area contributed by atoms with Gasteiger partial charge in [-0.25, -0.2) is 0 Å². The lowest BCUT2D eigenvalue weighted by atomic mass is 10.1. The van der Waals surface area contributed by atoms with Crippen LogP contribution in [0.4, 0.5) is 0 Å². The van der Waals surface area contributed by atoms with E-state index in [9.17, 15) is 13.2 Å². The van der Waals surface area contributed by atoms with Gasteiger partial charge in [0.2, 0.25) is 5.91 Å². The molecule has 1 aromatic carbocycles.